The van der Waals surface area contributed by atoms with Gasteiger partial charge in [-0.25, -0.2) is 4.39 Å². The molecule has 27 heavy (non-hydrogen) atoms. The van der Waals surface area contributed by atoms with E-state index < -0.39 is 6.36 Å². The number of nitrogens with zero attached hydrogens (tertiary/aromatic N) is 1. The summed E-state index contributed by atoms with van der Waals surface area (Å²) in [6, 6.07) is 12.8. The molecular weight excluding hydrogens is 358 g/mol. The molecule has 2 atom stereocenters. The van der Waals surface area contributed by atoms with Gasteiger partial charge >= 0.3 is 6.36 Å². The molecule has 2 unspecified atom stereocenters. The average molecular weight is 378 g/mol. The van der Waals surface area contributed by atoms with E-state index in [1.807, 2.05) is 12.5 Å². The lowest BCUT2D eigenvalue weighted by Crippen LogP contribution is -2.24. The van der Waals surface area contributed by atoms with Crippen LogP contribution in [0.3, 0.4) is 0 Å². The van der Waals surface area contributed by atoms with Gasteiger partial charge in [-0.1, -0.05) is 24.3 Å². The summed E-state index contributed by atoms with van der Waals surface area (Å²) in [4.78, 5) is 2.35. The highest BCUT2D eigenvalue weighted by atomic mass is 19.4. The van der Waals surface area contributed by atoms with Crippen molar-refractivity contribution in [1.29, 1.82) is 0 Å². The minimum atomic E-state index is -4.67. The first-order valence-electron chi connectivity index (χ1n) is 9.03. The third-order valence-electron chi connectivity index (χ3n) is 5.46. The Labute approximate surface area is 155 Å². The van der Waals surface area contributed by atoms with Crippen molar-refractivity contribution in [3.8, 4) is 5.75 Å². The van der Waals surface area contributed by atoms with E-state index in [2.05, 4.69) is 9.64 Å². The zero-order valence-electron chi connectivity index (χ0n) is 14.6. The molecule has 2 aromatic rings. The number of benzene rings is 2. The van der Waals surface area contributed by atoms with Gasteiger partial charge in [0.1, 0.15) is 11.6 Å². The molecule has 4 rings (SSSR count). The highest BCUT2D eigenvalue weighted by Crippen LogP contribution is 2.54. The fourth-order valence-corrected chi connectivity index (χ4v) is 4.22. The predicted molar refractivity (Wildman–Crippen MR) is 93.3 cm³/mol. The molecule has 143 valence electrons. The van der Waals surface area contributed by atoms with Gasteiger partial charge < -0.3 is 4.74 Å². The van der Waals surface area contributed by atoms with Crippen molar-refractivity contribution in [2.45, 2.75) is 19.3 Å². The average Bonchev–Trinajstić information content (AvgIpc) is 3.03. The highest BCUT2D eigenvalue weighted by molar-refractivity contribution is 5.33. The fourth-order valence-electron chi connectivity index (χ4n) is 4.22. The monoisotopic (exact) mass is 378 g/mol. The quantitative estimate of drug-likeness (QED) is 0.653. The van der Waals surface area contributed by atoms with Crippen LogP contribution in [0.4, 0.5) is 17.6 Å². The highest BCUT2D eigenvalue weighted by Gasteiger charge is 2.54. The second-order valence-corrected chi connectivity index (χ2v) is 7.38. The van der Waals surface area contributed by atoms with Crippen molar-refractivity contribution in [3.05, 3.63) is 71.9 Å². The third-order valence-corrected chi connectivity index (χ3v) is 5.46. The maximum atomic E-state index is 13.3. The third kappa shape index (κ3) is 4.61. The largest absolute Gasteiger partial charge is 0.573 e. The summed E-state index contributed by atoms with van der Waals surface area (Å²) in [5, 5.41) is 0. The van der Waals surface area contributed by atoms with Gasteiger partial charge in [-0.2, -0.15) is 0 Å². The van der Waals surface area contributed by atoms with Crippen LogP contribution >= 0.6 is 0 Å². The Morgan fingerprint density at radius 2 is 1.78 bits per heavy atom. The second kappa shape index (κ2) is 7.15. The van der Waals surface area contributed by atoms with Crippen LogP contribution in [-0.2, 0) is 6.54 Å². The van der Waals surface area contributed by atoms with E-state index in [0.717, 1.165) is 37.2 Å². The summed E-state index contributed by atoms with van der Waals surface area (Å²) >= 11 is 0. The summed E-state index contributed by atoms with van der Waals surface area (Å²) in [5.41, 5.74) is 1.74. The lowest BCUT2D eigenvalue weighted by molar-refractivity contribution is -0.274. The fraction of sp³-hybridized carbons (Fsp3) is 0.381. The molecule has 0 amide bonds. The van der Waals surface area contributed by atoms with Gasteiger partial charge in [0.15, 0.2) is 0 Å². The summed E-state index contributed by atoms with van der Waals surface area (Å²) < 4.78 is 54.2. The van der Waals surface area contributed by atoms with Gasteiger partial charge in [-0.05, 0) is 66.0 Å². The van der Waals surface area contributed by atoms with E-state index in [-0.39, 0.29) is 11.6 Å². The van der Waals surface area contributed by atoms with Gasteiger partial charge in [0, 0.05) is 19.6 Å². The van der Waals surface area contributed by atoms with Crippen LogP contribution in [0.25, 0.3) is 0 Å². The van der Waals surface area contributed by atoms with E-state index in [1.165, 1.54) is 18.2 Å². The molecule has 6 heteroatoms. The Kier molecular flexibility index (Phi) is 4.84. The standard InChI is InChI=1S/C21H20F4NO/c22-16-5-1-4-15(9-16)11-26-12-19-18(20(19)13-26)8-7-14-3-2-6-17(10-14)27-21(23,24)25/h1-7,9-10,18-20H,8,11-13H2. The van der Waals surface area contributed by atoms with Crippen molar-refractivity contribution in [2.24, 2.45) is 17.8 Å². The number of piperidine rings is 1. The molecule has 1 saturated heterocycles. The van der Waals surface area contributed by atoms with Gasteiger partial charge in [-0.15, -0.1) is 13.2 Å². The number of likely N-dealkylation sites (tertiary alicyclic amines) is 1. The minimum Gasteiger partial charge on any atom is -0.406 e. The van der Waals surface area contributed by atoms with E-state index in [1.54, 1.807) is 24.3 Å². The summed E-state index contributed by atoms with van der Waals surface area (Å²) in [6.45, 7) is 2.76. The summed E-state index contributed by atoms with van der Waals surface area (Å²) in [5.74, 6) is 1.45. The molecule has 0 aromatic heterocycles. The molecule has 2 aliphatic rings. The Morgan fingerprint density at radius 3 is 2.48 bits per heavy atom. The van der Waals surface area contributed by atoms with Crippen molar-refractivity contribution >= 4 is 0 Å². The van der Waals surface area contributed by atoms with Gasteiger partial charge in [-0.3, -0.25) is 4.90 Å². The summed E-state index contributed by atoms with van der Waals surface area (Å²) in [6.07, 6.45) is -1.82. The predicted octanol–water partition coefficient (Wildman–Crippen LogP) is 5.04. The van der Waals surface area contributed by atoms with E-state index in [9.17, 15) is 17.6 Å². The minimum absolute atomic E-state index is 0.187. The van der Waals surface area contributed by atoms with Crippen LogP contribution in [0.5, 0.6) is 5.75 Å². The van der Waals surface area contributed by atoms with Crippen molar-refractivity contribution < 1.29 is 22.3 Å². The maximum Gasteiger partial charge on any atom is 0.573 e. The normalized spacial score (nSPS) is 24.7. The Hall–Kier alpha value is -2.08. The number of hydrogen-bond acceptors (Lipinski definition) is 2. The van der Waals surface area contributed by atoms with Crippen molar-refractivity contribution in [1.82, 2.24) is 4.90 Å². The van der Waals surface area contributed by atoms with Gasteiger partial charge in [0.05, 0.1) is 0 Å². The Balaban J connectivity index is 1.24. The zero-order chi connectivity index (χ0) is 19.0. The lowest BCUT2D eigenvalue weighted by Gasteiger charge is -2.19. The van der Waals surface area contributed by atoms with E-state index >= 15 is 0 Å². The van der Waals surface area contributed by atoms with Crippen molar-refractivity contribution in [2.75, 3.05) is 13.1 Å². The Morgan fingerprint density at radius 1 is 1.04 bits per heavy atom. The molecule has 0 spiro atoms. The molecule has 2 fully saturated rings. The molecule has 1 heterocycles. The van der Waals surface area contributed by atoms with Crippen LogP contribution in [0, 0.1) is 30.0 Å². The van der Waals surface area contributed by atoms with Crippen LogP contribution in [-0.4, -0.2) is 24.4 Å². The molecule has 1 aliphatic carbocycles. The van der Waals surface area contributed by atoms with E-state index in [4.69, 9.17) is 0 Å². The SMILES string of the molecule is Fc1cccc(CN2CC3C(C[CH]c4cccc(OC(F)(F)F)c4)C3C2)c1. The molecule has 1 saturated carbocycles. The molecule has 0 bridgehead atoms. The first-order chi connectivity index (χ1) is 12.9. The van der Waals surface area contributed by atoms with Gasteiger partial charge in [0.25, 0.3) is 0 Å². The van der Waals surface area contributed by atoms with Crippen LogP contribution in [0.2, 0.25) is 0 Å². The van der Waals surface area contributed by atoms with Crippen LogP contribution in [0.15, 0.2) is 48.5 Å². The smallest absolute Gasteiger partial charge is 0.406 e. The van der Waals surface area contributed by atoms with E-state index in [0.29, 0.717) is 17.8 Å². The molecule has 1 radical (unpaired) electrons. The molecular formula is C21H20F4NO. The number of halogens is 4. The number of fused-ring (bicyclic) bond motifs is 1. The Bertz CT molecular complexity index is 795. The van der Waals surface area contributed by atoms with Crippen LogP contribution < -0.4 is 4.74 Å². The zero-order valence-corrected chi connectivity index (χ0v) is 14.6. The second-order valence-electron chi connectivity index (χ2n) is 7.38. The van der Waals surface area contributed by atoms with Crippen LogP contribution in [0.1, 0.15) is 17.5 Å². The molecule has 1 aliphatic heterocycles. The first kappa shape index (κ1) is 18.3. The molecule has 2 aromatic carbocycles. The topological polar surface area (TPSA) is 12.5 Å². The van der Waals surface area contributed by atoms with Gasteiger partial charge in [0.2, 0.25) is 0 Å². The number of alkyl halides is 3. The summed E-state index contributed by atoms with van der Waals surface area (Å²) in [7, 11) is 0. The number of ether oxygens (including phenoxy) is 1. The molecule has 0 N–H and O–H groups in total. The molecule has 2 nitrogen and oxygen atoms in total. The maximum absolute atomic E-state index is 13.3. The number of rotatable bonds is 6. The first-order valence-corrected chi connectivity index (χ1v) is 9.03. The number of hydrogen-bond donors (Lipinski definition) is 0. The lowest BCUT2D eigenvalue weighted by atomic mass is 10.0. The van der Waals surface area contributed by atoms with Crippen molar-refractivity contribution in [3.63, 3.8) is 0 Å².